The molecule has 21 heavy (non-hydrogen) atoms. The Kier molecular flexibility index (Phi) is 3.73. The molecule has 0 saturated carbocycles. The first kappa shape index (κ1) is 13.4. The zero-order chi connectivity index (χ0) is 14.7. The summed E-state index contributed by atoms with van der Waals surface area (Å²) in [5.41, 5.74) is 3.30. The van der Waals surface area contributed by atoms with Crippen molar-refractivity contribution in [3.63, 3.8) is 0 Å². The fourth-order valence-corrected chi connectivity index (χ4v) is 2.72. The number of urea groups is 1. The van der Waals surface area contributed by atoms with Gasteiger partial charge in [-0.2, -0.15) is 0 Å². The molecule has 3 rings (SSSR count). The lowest BCUT2D eigenvalue weighted by atomic mass is 10.1. The van der Waals surface area contributed by atoms with Crippen LogP contribution in [-0.2, 0) is 6.42 Å². The highest BCUT2D eigenvalue weighted by Gasteiger charge is 2.29. The van der Waals surface area contributed by atoms with Gasteiger partial charge in [-0.3, -0.25) is 4.90 Å². The first-order valence-electron chi connectivity index (χ1n) is 7.15. The van der Waals surface area contributed by atoms with Crippen LogP contribution in [0, 0.1) is 0 Å². The number of benzene rings is 2. The second kappa shape index (κ2) is 5.83. The van der Waals surface area contributed by atoms with Gasteiger partial charge in [-0.25, -0.2) is 4.79 Å². The fourth-order valence-electron chi connectivity index (χ4n) is 2.72. The molecular weight excluding hydrogens is 260 g/mol. The first-order valence-corrected chi connectivity index (χ1v) is 7.15. The monoisotopic (exact) mass is 278 g/mol. The average molecular weight is 278 g/mol. The minimum absolute atomic E-state index is 0.0837. The first-order chi connectivity index (χ1) is 10.3. The van der Waals surface area contributed by atoms with E-state index in [1.807, 2.05) is 59.5 Å². The molecule has 0 aliphatic carbocycles. The molecule has 0 bridgehead atoms. The lowest BCUT2D eigenvalue weighted by molar-refractivity contribution is 0.248. The third-order valence-electron chi connectivity index (χ3n) is 3.71. The summed E-state index contributed by atoms with van der Waals surface area (Å²) in [5, 5.41) is 2.85. The summed E-state index contributed by atoms with van der Waals surface area (Å²) in [6, 6.07) is 18.1. The molecule has 1 heterocycles. The molecule has 0 fully saturated rings. The number of para-hydroxylation sites is 1. The molecule has 106 valence electrons. The Hall–Kier alpha value is -2.55. The minimum Gasteiger partial charge on any atom is -0.314 e. The van der Waals surface area contributed by atoms with Crippen molar-refractivity contribution >= 4 is 17.8 Å². The predicted molar refractivity (Wildman–Crippen MR) is 86.1 cm³/mol. The largest absolute Gasteiger partial charge is 0.326 e. The number of anilines is 1. The summed E-state index contributed by atoms with van der Waals surface area (Å²) in [6.07, 6.45) is 4.50. The summed E-state index contributed by atoms with van der Waals surface area (Å²) < 4.78 is 0. The maximum atomic E-state index is 12.4. The van der Waals surface area contributed by atoms with Gasteiger partial charge in [0.25, 0.3) is 0 Å². The van der Waals surface area contributed by atoms with E-state index in [4.69, 9.17) is 0 Å². The Morgan fingerprint density at radius 3 is 2.67 bits per heavy atom. The molecule has 0 radical (unpaired) electrons. The van der Waals surface area contributed by atoms with Gasteiger partial charge in [0.15, 0.2) is 0 Å². The molecule has 0 aromatic heterocycles. The second-order valence-electron chi connectivity index (χ2n) is 5.25. The van der Waals surface area contributed by atoms with Gasteiger partial charge in [0.1, 0.15) is 0 Å². The smallest absolute Gasteiger partial charge is 0.314 e. The van der Waals surface area contributed by atoms with Crippen LogP contribution in [0.1, 0.15) is 18.1 Å². The van der Waals surface area contributed by atoms with E-state index in [2.05, 4.69) is 18.3 Å². The highest BCUT2D eigenvalue weighted by molar-refractivity contribution is 5.95. The Morgan fingerprint density at radius 1 is 1.14 bits per heavy atom. The Morgan fingerprint density at radius 2 is 1.86 bits per heavy atom. The number of nitrogens with zero attached hydrogens (tertiary/aromatic N) is 1. The maximum absolute atomic E-state index is 12.4. The zero-order valence-corrected chi connectivity index (χ0v) is 12.0. The van der Waals surface area contributed by atoms with Crippen LogP contribution in [0.4, 0.5) is 10.5 Å². The Bertz CT molecular complexity index is 664. The highest BCUT2D eigenvalue weighted by Crippen LogP contribution is 2.31. The van der Waals surface area contributed by atoms with Gasteiger partial charge in [-0.15, -0.1) is 0 Å². The highest BCUT2D eigenvalue weighted by atomic mass is 16.2. The molecule has 2 aromatic carbocycles. The van der Waals surface area contributed by atoms with Crippen LogP contribution in [0.15, 0.2) is 60.8 Å². The lowest BCUT2D eigenvalue weighted by Gasteiger charge is -2.22. The Balaban J connectivity index is 1.70. The van der Waals surface area contributed by atoms with Crippen LogP contribution in [0.5, 0.6) is 0 Å². The lowest BCUT2D eigenvalue weighted by Crippen LogP contribution is -2.41. The van der Waals surface area contributed by atoms with Crippen molar-refractivity contribution in [1.82, 2.24) is 5.32 Å². The van der Waals surface area contributed by atoms with Crippen LogP contribution in [-0.4, -0.2) is 12.1 Å². The van der Waals surface area contributed by atoms with Crippen LogP contribution >= 0.6 is 0 Å². The van der Waals surface area contributed by atoms with E-state index in [1.54, 1.807) is 6.20 Å². The van der Waals surface area contributed by atoms with Crippen molar-refractivity contribution in [2.45, 2.75) is 19.4 Å². The van der Waals surface area contributed by atoms with E-state index in [1.165, 1.54) is 5.56 Å². The van der Waals surface area contributed by atoms with Crippen LogP contribution in [0.25, 0.3) is 6.08 Å². The SMILES string of the molecule is CC1Cc2ccccc2N1C(=O)N/C=C/c1ccccc1. The van der Waals surface area contributed by atoms with E-state index in [-0.39, 0.29) is 12.1 Å². The van der Waals surface area contributed by atoms with Crippen molar-refractivity contribution in [2.24, 2.45) is 0 Å². The van der Waals surface area contributed by atoms with Gasteiger partial charge >= 0.3 is 6.03 Å². The number of rotatable bonds is 2. The van der Waals surface area contributed by atoms with Crippen LogP contribution in [0.3, 0.4) is 0 Å². The van der Waals surface area contributed by atoms with Crippen LogP contribution < -0.4 is 10.2 Å². The minimum atomic E-state index is -0.0837. The molecule has 0 spiro atoms. The summed E-state index contributed by atoms with van der Waals surface area (Å²) in [5.74, 6) is 0. The second-order valence-corrected chi connectivity index (χ2v) is 5.25. The summed E-state index contributed by atoms with van der Waals surface area (Å²) in [4.78, 5) is 14.2. The number of fused-ring (bicyclic) bond motifs is 1. The topological polar surface area (TPSA) is 32.3 Å². The molecule has 2 amide bonds. The Labute approximate surface area is 124 Å². The number of amides is 2. The number of nitrogens with one attached hydrogen (secondary N) is 1. The molecule has 1 N–H and O–H groups in total. The van der Waals surface area contributed by atoms with Gasteiger partial charge in [-0.1, -0.05) is 48.5 Å². The molecule has 1 unspecified atom stereocenters. The van der Waals surface area contributed by atoms with Gasteiger partial charge in [-0.05, 0) is 36.6 Å². The van der Waals surface area contributed by atoms with E-state index in [0.29, 0.717) is 0 Å². The summed E-state index contributed by atoms with van der Waals surface area (Å²) >= 11 is 0. The third kappa shape index (κ3) is 2.82. The molecule has 2 aromatic rings. The van der Waals surface area contributed by atoms with Crippen molar-refractivity contribution < 1.29 is 4.79 Å². The normalized spacial score (nSPS) is 17.0. The van der Waals surface area contributed by atoms with Crippen molar-refractivity contribution in [3.05, 3.63) is 71.9 Å². The molecule has 1 aliphatic heterocycles. The third-order valence-corrected chi connectivity index (χ3v) is 3.71. The molecule has 3 nitrogen and oxygen atoms in total. The van der Waals surface area contributed by atoms with E-state index in [0.717, 1.165) is 17.7 Å². The number of hydrogen-bond donors (Lipinski definition) is 1. The van der Waals surface area contributed by atoms with Crippen molar-refractivity contribution in [3.8, 4) is 0 Å². The number of carbonyl (C=O) groups excluding carboxylic acids is 1. The molecule has 0 saturated heterocycles. The number of hydrogen-bond acceptors (Lipinski definition) is 1. The predicted octanol–water partition coefficient (Wildman–Crippen LogP) is 3.82. The van der Waals surface area contributed by atoms with Gasteiger partial charge in [0, 0.05) is 17.9 Å². The quantitative estimate of drug-likeness (QED) is 0.890. The average Bonchev–Trinajstić information content (AvgIpc) is 2.84. The van der Waals surface area contributed by atoms with E-state index >= 15 is 0 Å². The molecule has 3 heteroatoms. The zero-order valence-electron chi connectivity index (χ0n) is 12.0. The van der Waals surface area contributed by atoms with Gasteiger partial charge in [0.05, 0.1) is 0 Å². The molecular formula is C18H18N2O. The molecule has 1 aliphatic rings. The van der Waals surface area contributed by atoms with Crippen molar-refractivity contribution in [1.29, 1.82) is 0 Å². The maximum Gasteiger partial charge on any atom is 0.326 e. The van der Waals surface area contributed by atoms with Gasteiger partial charge in [0.2, 0.25) is 0 Å². The standard InChI is InChI=1S/C18H18N2O/c1-14-13-16-9-5-6-10-17(16)20(14)18(21)19-12-11-15-7-3-2-4-8-15/h2-12,14H,13H2,1H3,(H,19,21)/b12-11+. The van der Waals surface area contributed by atoms with Crippen LogP contribution in [0.2, 0.25) is 0 Å². The summed E-state index contributed by atoms with van der Waals surface area (Å²) in [7, 11) is 0. The van der Waals surface area contributed by atoms with E-state index < -0.39 is 0 Å². The van der Waals surface area contributed by atoms with Gasteiger partial charge < -0.3 is 5.32 Å². The fraction of sp³-hybridized carbons (Fsp3) is 0.167. The number of carbonyl (C=O) groups is 1. The summed E-state index contributed by atoms with van der Waals surface area (Å²) in [6.45, 7) is 2.07. The van der Waals surface area contributed by atoms with Crippen molar-refractivity contribution in [2.75, 3.05) is 4.90 Å². The molecule has 1 atom stereocenters. The van der Waals surface area contributed by atoms with E-state index in [9.17, 15) is 4.79 Å².